The fourth-order valence-corrected chi connectivity index (χ4v) is 1.81. The predicted octanol–water partition coefficient (Wildman–Crippen LogP) is 1.31. The van der Waals surface area contributed by atoms with Crippen molar-refractivity contribution in [2.24, 2.45) is 0 Å². The molecule has 0 aliphatic carbocycles. The molecule has 2 N–H and O–H groups in total. The quantitative estimate of drug-likeness (QED) is 0.748. The van der Waals surface area contributed by atoms with Crippen LogP contribution in [-0.4, -0.2) is 38.5 Å². The lowest BCUT2D eigenvalue weighted by Gasteiger charge is -2.07. The van der Waals surface area contributed by atoms with Crippen LogP contribution in [-0.2, 0) is 11.3 Å². The molecule has 1 aromatic carbocycles. The average molecular weight is 299 g/mol. The van der Waals surface area contributed by atoms with Crippen LogP contribution in [0.15, 0.2) is 36.4 Å². The largest absolute Gasteiger partial charge is 0.453 e. The normalized spacial score (nSPS) is 10.4. The molecule has 0 bridgehead atoms. The van der Waals surface area contributed by atoms with Crippen molar-refractivity contribution in [3.8, 4) is 0 Å². The Bertz CT molecular complexity index is 784. The summed E-state index contributed by atoms with van der Waals surface area (Å²) in [5.74, 6) is 0.663. The summed E-state index contributed by atoms with van der Waals surface area (Å²) >= 11 is 0. The maximum atomic E-state index is 11.1. The lowest BCUT2D eigenvalue weighted by molar-refractivity contribution is 0.187. The number of hydrogen-bond donors (Lipinski definition) is 2. The molecule has 3 rings (SSSR count). The number of carbonyl (C=O) groups is 1. The molecule has 0 atom stereocenters. The van der Waals surface area contributed by atoms with Crippen LogP contribution in [0, 0.1) is 0 Å². The number of fused-ring (bicyclic) bond motifs is 1. The standard InChI is InChI=1S/C13H13N7O2/c1-22-13(21)15-10-4-2-9(3-5-10)8-14-11-6-7-12-16-18-19-20(12)17-11/h2-7H,8H2,1H3,(H,14,17)(H,15,21). The molecule has 2 heterocycles. The Hall–Kier alpha value is -3.23. The van der Waals surface area contributed by atoms with Gasteiger partial charge < -0.3 is 10.1 Å². The molecule has 0 radical (unpaired) electrons. The highest BCUT2D eigenvalue weighted by atomic mass is 16.5. The second kappa shape index (κ2) is 6.04. The minimum Gasteiger partial charge on any atom is -0.453 e. The maximum Gasteiger partial charge on any atom is 0.411 e. The van der Waals surface area contributed by atoms with Crippen molar-refractivity contribution >= 4 is 23.2 Å². The maximum absolute atomic E-state index is 11.1. The summed E-state index contributed by atoms with van der Waals surface area (Å²) < 4.78 is 5.88. The molecule has 0 saturated carbocycles. The Labute approximate surface area is 125 Å². The third kappa shape index (κ3) is 3.08. The van der Waals surface area contributed by atoms with Gasteiger partial charge in [0.05, 0.1) is 7.11 Å². The number of methoxy groups -OCH3 is 1. The number of anilines is 2. The van der Waals surface area contributed by atoms with E-state index >= 15 is 0 Å². The van der Waals surface area contributed by atoms with Gasteiger partial charge in [-0.25, -0.2) is 4.79 Å². The van der Waals surface area contributed by atoms with Gasteiger partial charge in [0.1, 0.15) is 5.82 Å². The van der Waals surface area contributed by atoms with Gasteiger partial charge in [-0.3, -0.25) is 5.32 Å². The second-order valence-electron chi connectivity index (χ2n) is 4.41. The second-order valence-corrected chi connectivity index (χ2v) is 4.41. The Balaban J connectivity index is 1.62. The summed E-state index contributed by atoms with van der Waals surface area (Å²) in [4.78, 5) is 11.1. The zero-order valence-corrected chi connectivity index (χ0v) is 11.7. The minimum absolute atomic E-state index is 0.496. The van der Waals surface area contributed by atoms with Crippen molar-refractivity contribution in [1.29, 1.82) is 0 Å². The number of nitrogens with one attached hydrogen (secondary N) is 2. The Morgan fingerprint density at radius 1 is 1.23 bits per heavy atom. The van der Waals surface area contributed by atoms with Crippen LogP contribution < -0.4 is 10.6 Å². The number of aromatic nitrogens is 5. The average Bonchev–Trinajstić information content (AvgIpc) is 3.01. The number of nitrogens with zero attached hydrogens (tertiary/aromatic N) is 5. The lowest BCUT2D eigenvalue weighted by Crippen LogP contribution is -2.11. The molecular weight excluding hydrogens is 286 g/mol. The molecule has 0 aliphatic heterocycles. The van der Waals surface area contributed by atoms with Crippen LogP contribution in [0.25, 0.3) is 5.65 Å². The third-order valence-electron chi connectivity index (χ3n) is 2.93. The van der Waals surface area contributed by atoms with E-state index in [0.29, 0.717) is 23.7 Å². The molecule has 0 fully saturated rings. The topological polar surface area (TPSA) is 106 Å². The van der Waals surface area contributed by atoms with Crippen molar-refractivity contribution in [2.75, 3.05) is 17.7 Å². The lowest BCUT2D eigenvalue weighted by atomic mass is 10.2. The van der Waals surface area contributed by atoms with E-state index in [4.69, 9.17) is 0 Å². The summed E-state index contributed by atoms with van der Waals surface area (Å²) in [6.07, 6.45) is -0.496. The Morgan fingerprint density at radius 3 is 2.82 bits per heavy atom. The van der Waals surface area contributed by atoms with Gasteiger partial charge in [-0.2, -0.15) is 0 Å². The molecule has 22 heavy (non-hydrogen) atoms. The summed E-state index contributed by atoms with van der Waals surface area (Å²) in [7, 11) is 1.32. The van der Waals surface area contributed by atoms with Crippen LogP contribution in [0.4, 0.5) is 16.3 Å². The first-order valence-corrected chi connectivity index (χ1v) is 6.48. The zero-order valence-electron chi connectivity index (χ0n) is 11.7. The predicted molar refractivity (Wildman–Crippen MR) is 78.4 cm³/mol. The van der Waals surface area contributed by atoms with Crippen LogP contribution in [0.5, 0.6) is 0 Å². The van der Waals surface area contributed by atoms with Gasteiger partial charge in [-0.15, -0.1) is 14.8 Å². The highest BCUT2D eigenvalue weighted by Gasteiger charge is 2.02. The summed E-state index contributed by atoms with van der Waals surface area (Å²) in [5, 5.41) is 21.0. The zero-order chi connectivity index (χ0) is 15.4. The van der Waals surface area contributed by atoms with Crippen molar-refractivity contribution < 1.29 is 9.53 Å². The molecular formula is C13H13N7O2. The number of hydrogen-bond acceptors (Lipinski definition) is 7. The molecule has 0 spiro atoms. The van der Waals surface area contributed by atoms with Crippen LogP contribution in [0.1, 0.15) is 5.56 Å². The fraction of sp³-hybridized carbons (Fsp3) is 0.154. The number of rotatable bonds is 4. The van der Waals surface area contributed by atoms with E-state index in [2.05, 4.69) is 36.0 Å². The van der Waals surface area contributed by atoms with Gasteiger partial charge in [0, 0.05) is 12.2 Å². The first-order chi connectivity index (χ1) is 10.7. The van der Waals surface area contributed by atoms with Crippen LogP contribution in [0.2, 0.25) is 0 Å². The molecule has 9 heteroatoms. The van der Waals surface area contributed by atoms with Gasteiger partial charge in [-0.1, -0.05) is 12.1 Å². The van der Waals surface area contributed by atoms with Crippen molar-refractivity contribution in [3.05, 3.63) is 42.0 Å². The van der Waals surface area contributed by atoms with Gasteiger partial charge in [0.2, 0.25) is 0 Å². The first kappa shape index (κ1) is 13.7. The molecule has 0 saturated heterocycles. The summed E-state index contributed by atoms with van der Waals surface area (Å²) in [6, 6.07) is 11.0. The molecule has 0 unspecified atom stereocenters. The highest BCUT2D eigenvalue weighted by molar-refractivity contribution is 5.84. The first-order valence-electron chi connectivity index (χ1n) is 6.48. The van der Waals surface area contributed by atoms with E-state index in [9.17, 15) is 4.79 Å². The Kier molecular flexibility index (Phi) is 3.77. The minimum atomic E-state index is -0.496. The van der Waals surface area contributed by atoms with E-state index in [1.165, 1.54) is 11.7 Å². The third-order valence-corrected chi connectivity index (χ3v) is 2.93. The molecule has 1 amide bonds. The van der Waals surface area contributed by atoms with E-state index in [1.54, 1.807) is 24.3 Å². The van der Waals surface area contributed by atoms with Crippen LogP contribution >= 0.6 is 0 Å². The summed E-state index contributed by atoms with van der Waals surface area (Å²) in [5.41, 5.74) is 2.29. The number of carbonyl (C=O) groups excluding carboxylic acids is 1. The van der Waals surface area contributed by atoms with Crippen LogP contribution in [0.3, 0.4) is 0 Å². The fourth-order valence-electron chi connectivity index (χ4n) is 1.81. The number of amides is 1. The molecule has 0 aliphatic rings. The Morgan fingerprint density at radius 2 is 2.05 bits per heavy atom. The van der Waals surface area contributed by atoms with Gasteiger partial charge in [0.25, 0.3) is 0 Å². The van der Waals surface area contributed by atoms with Crippen molar-refractivity contribution in [1.82, 2.24) is 25.3 Å². The molecule has 2 aromatic heterocycles. The smallest absolute Gasteiger partial charge is 0.411 e. The SMILES string of the molecule is COC(=O)Nc1ccc(CNc2ccc3nnnn3n2)cc1. The van der Waals surface area contributed by atoms with E-state index < -0.39 is 6.09 Å². The van der Waals surface area contributed by atoms with Gasteiger partial charge in [-0.05, 0) is 40.3 Å². The monoisotopic (exact) mass is 299 g/mol. The number of tetrazole rings is 1. The van der Waals surface area contributed by atoms with E-state index in [-0.39, 0.29) is 0 Å². The van der Waals surface area contributed by atoms with E-state index in [0.717, 1.165) is 5.56 Å². The highest BCUT2D eigenvalue weighted by Crippen LogP contribution is 2.11. The molecule has 9 nitrogen and oxygen atoms in total. The van der Waals surface area contributed by atoms with Crippen molar-refractivity contribution in [2.45, 2.75) is 6.54 Å². The molecule has 3 aromatic rings. The molecule has 112 valence electrons. The number of benzene rings is 1. The summed E-state index contributed by atoms with van der Waals surface area (Å²) in [6.45, 7) is 0.582. The van der Waals surface area contributed by atoms with E-state index in [1.807, 2.05) is 12.1 Å². The van der Waals surface area contributed by atoms with Gasteiger partial charge in [0.15, 0.2) is 5.65 Å². The number of ether oxygens (including phenoxy) is 1. The van der Waals surface area contributed by atoms with Crippen molar-refractivity contribution in [3.63, 3.8) is 0 Å². The van der Waals surface area contributed by atoms with Gasteiger partial charge >= 0.3 is 6.09 Å².